The Morgan fingerprint density at radius 2 is 1.90 bits per heavy atom. The fraction of sp³-hybridized carbons (Fsp3) is 0.118. The van der Waals surface area contributed by atoms with E-state index in [9.17, 15) is 0 Å². The SMILES string of the molecule is Cc1cccc(Nc2[nH]ncc2NCc2ccccc2)c1. The highest BCUT2D eigenvalue weighted by Gasteiger charge is 2.05. The molecule has 0 saturated heterocycles. The first-order chi connectivity index (χ1) is 10.3. The number of H-pyrrole nitrogens is 1. The highest BCUT2D eigenvalue weighted by molar-refractivity contribution is 5.70. The number of aryl methyl sites for hydroxylation is 1. The molecule has 3 aromatic rings. The minimum atomic E-state index is 0.767. The summed E-state index contributed by atoms with van der Waals surface area (Å²) in [6, 6.07) is 18.5. The second-order valence-electron chi connectivity index (χ2n) is 4.99. The van der Waals surface area contributed by atoms with Gasteiger partial charge in [-0.05, 0) is 30.2 Å². The van der Waals surface area contributed by atoms with Crippen LogP contribution in [-0.4, -0.2) is 10.2 Å². The van der Waals surface area contributed by atoms with Gasteiger partial charge in [0, 0.05) is 12.2 Å². The van der Waals surface area contributed by atoms with Crippen molar-refractivity contribution in [1.82, 2.24) is 10.2 Å². The van der Waals surface area contributed by atoms with Gasteiger partial charge in [-0.2, -0.15) is 5.10 Å². The molecule has 0 aliphatic rings. The van der Waals surface area contributed by atoms with Crippen molar-refractivity contribution < 1.29 is 0 Å². The average Bonchev–Trinajstić information content (AvgIpc) is 2.93. The molecule has 0 unspecified atom stereocenters. The number of aromatic amines is 1. The molecular weight excluding hydrogens is 260 g/mol. The standard InChI is InChI=1S/C17H18N4/c1-13-6-5-9-15(10-13)20-17-16(12-19-21-17)18-11-14-7-3-2-4-8-14/h2-10,12,18H,11H2,1H3,(H2,19,20,21). The molecule has 4 heteroatoms. The monoisotopic (exact) mass is 278 g/mol. The number of rotatable bonds is 5. The van der Waals surface area contributed by atoms with Crippen LogP contribution >= 0.6 is 0 Å². The van der Waals surface area contributed by atoms with Crippen LogP contribution in [0.15, 0.2) is 60.8 Å². The molecule has 3 N–H and O–H groups in total. The van der Waals surface area contributed by atoms with E-state index in [4.69, 9.17) is 0 Å². The molecule has 1 aromatic heterocycles. The Morgan fingerprint density at radius 1 is 1.05 bits per heavy atom. The molecule has 1 heterocycles. The van der Waals surface area contributed by atoms with E-state index in [1.807, 2.05) is 30.3 Å². The molecule has 3 rings (SSSR count). The quantitative estimate of drug-likeness (QED) is 0.659. The Hall–Kier alpha value is -2.75. The molecule has 0 aliphatic carbocycles. The second kappa shape index (κ2) is 6.13. The maximum atomic E-state index is 4.10. The first-order valence-corrected chi connectivity index (χ1v) is 6.96. The van der Waals surface area contributed by atoms with Gasteiger partial charge in [-0.25, -0.2) is 0 Å². The van der Waals surface area contributed by atoms with Crippen molar-refractivity contribution in [3.05, 3.63) is 71.9 Å². The number of hydrogen-bond donors (Lipinski definition) is 3. The zero-order chi connectivity index (χ0) is 14.5. The number of hydrogen-bond acceptors (Lipinski definition) is 3. The Balaban J connectivity index is 1.69. The Morgan fingerprint density at radius 3 is 2.71 bits per heavy atom. The summed E-state index contributed by atoms with van der Waals surface area (Å²) in [5.41, 5.74) is 4.46. The molecule has 0 radical (unpaired) electrons. The minimum Gasteiger partial charge on any atom is -0.377 e. The van der Waals surface area contributed by atoms with Crippen molar-refractivity contribution in [2.45, 2.75) is 13.5 Å². The van der Waals surface area contributed by atoms with Crippen molar-refractivity contribution in [2.75, 3.05) is 10.6 Å². The summed E-state index contributed by atoms with van der Waals surface area (Å²) in [6.07, 6.45) is 1.79. The topological polar surface area (TPSA) is 52.7 Å². The number of aromatic nitrogens is 2. The third-order valence-electron chi connectivity index (χ3n) is 3.25. The summed E-state index contributed by atoms with van der Waals surface area (Å²) in [5.74, 6) is 0.872. The normalized spacial score (nSPS) is 10.3. The van der Waals surface area contributed by atoms with Crippen LogP contribution in [0.2, 0.25) is 0 Å². The van der Waals surface area contributed by atoms with Crippen molar-refractivity contribution >= 4 is 17.2 Å². The molecule has 0 saturated carbocycles. The number of benzene rings is 2. The average molecular weight is 278 g/mol. The predicted octanol–water partition coefficient (Wildman–Crippen LogP) is 4.07. The van der Waals surface area contributed by atoms with Crippen LogP contribution in [0.5, 0.6) is 0 Å². The van der Waals surface area contributed by atoms with E-state index in [0.717, 1.165) is 23.7 Å². The van der Waals surface area contributed by atoms with E-state index in [2.05, 4.69) is 52.0 Å². The van der Waals surface area contributed by atoms with E-state index in [1.165, 1.54) is 11.1 Å². The first kappa shape index (κ1) is 13.2. The lowest BCUT2D eigenvalue weighted by atomic mass is 10.2. The fourth-order valence-electron chi connectivity index (χ4n) is 2.18. The van der Waals surface area contributed by atoms with Crippen LogP contribution in [0.3, 0.4) is 0 Å². The summed E-state index contributed by atoms with van der Waals surface area (Å²) in [4.78, 5) is 0. The smallest absolute Gasteiger partial charge is 0.149 e. The third kappa shape index (κ3) is 3.42. The van der Waals surface area contributed by atoms with Crippen molar-refractivity contribution in [3.8, 4) is 0 Å². The van der Waals surface area contributed by atoms with Crippen LogP contribution in [0.25, 0.3) is 0 Å². The van der Waals surface area contributed by atoms with E-state index in [0.29, 0.717) is 0 Å². The molecule has 0 amide bonds. The summed E-state index contributed by atoms with van der Waals surface area (Å²) in [7, 11) is 0. The van der Waals surface area contributed by atoms with Crippen molar-refractivity contribution in [2.24, 2.45) is 0 Å². The van der Waals surface area contributed by atoms with Crippen LogP contribution in [-0.2, 0) is 6.54 Å². The lowest BCUT2D eigenvalue weighted by Gasteiger charge is -2.09. The van der Waals surface area contributed by atoms with Gasteiger partial charge in [-0.3, -0.25) is 5.10 Å². The minimum absolute atomic E-state index is 0.767. The van der Waals surface area contributed by atoms with Gasteiger partial charge in [0.25, 0.3) is 0 Å². The van der Waals surface area contributed by atoms with Gasteiger partial charge >= 0.3 is 0 Å². The second-order valence-corrected chi connectivity index (χ2v) is 4.99. The van der Waals surface area contributed by atoms with Crippen molar-refractivity contribution in [1.29, 1.82) is 0 Å². The number of nitrogens with zero attached hydrogens (tertiary/aromatic N) is 1. The van der Waals surface area contributed by atoms with Gasteiger partial charge in [0.1, 0.15) is 5.82 Å². The van der Waals surface area contributed by atoms with Gasteiger partial charge in [0.05, 0.1) is 11.9 Å². The van der Waals surface area contributed by atoms with E-state index in [-0.39, 0.29) is 0 Å². The van der Waals surface area contributed by atoms with Gasteiger partial charge < -0.3 is 10.6 Å². The molecule has 0 atom stereocenters. The maximum Gasteiger partial charge on any atom is 0.149 e. The number of anilines is 3. The Labute approximate surface area is 124 Å². The molecule has 21 heavy (non-hydrogen) atoms. The lowest BCUT2D eigenvalue weighted by molar-refractivity contribution is 1.09. The van der Waals surface area contributed by atoms with Crippen molar-refractivity contribution in [3.63, 3.8) is 0 Å². The largest absolute Gasteiger partial charge is 0.377 e. The molecule has 0 aliphatic heterocycles. The molecule has 106 valence electrons. The molecule has 0 spiro atoms. The highest BCUT2D eigenvalue weighted by Crippen LogP contribution is 2.23. The molecule has 2 aromatic carbocycles. The first-order valence-electron chi connectivity index (χ1n) is 6.96. The van der Waals surface area contributed by atoms with Gasteiger partial charge in [-0.1, -0.05) is 42.5 Å². The molecule has 4 nitrogen and oxygen atoms in total. The third-order valence-corrected chi connectivity index (χ3v) is 3.25. The Kier molecular flexibility index (Phi) is 3.87. The molecule has 0 bridgehead atoms. The fourth-order valence-corrected chi connectivity index (χ4v) is 2.18. The van der Waals surface area contributed by atoms with Gasteiger partial charge in [0.2, 0.25) is 0 Å². The van der Waals surface area contributed by atoms with Crippen LogP contribution in [0.1, 0.15) is 11.1 Å². The summed E-state index contributed by atoms with van der Waals surface area (Å²) < 4.78 is 0. The lowest BCUT2D eigenvalue weighted by Crippen LogP contribution is -2.01. The van der Waals surface area contributed by atoms with E-state index >= 15 is 0 Å². The van der Waals surface area contributed by atoms with E-state index in [1.54, 1.807) is 6.20 Å². The number of nitrogens with one attached hydrogen (secondary N) is 3. The molecular formula is C17H18N4. The van der Waals surface area contributed by atoms with E-state index < -0.39 is 0 Å². The van der Waals surface area contributed by atoms with Crippen LogP contribution < -0.4 is 10.6 Å². The van der Waals surface area contributed by atoms with Crippen LogP contribution in [0, 0.1) is 6.92 Å². The zero-order valence-corrected chi connectivity index (χ0v) is 11.9. The zero-order valence-electron chi connectivity index (χ0n) is 11.9. The van der Waals surface area contributed by atoms with Crippen LogP contribution in [0.4, 0.5) is 17.2 Å². The summed E-state index contributed by atoms with van der Waals surface area (Å²) in [5, 5.41) is 13.8. The highest BCUT2D eigenvalue weighted by atomic mass is 15.2. The summed E-state index contributed by atoms with van der Waals surface area (Å²) >= 11 is 0. The Bertz CT molecular complexity index is 704. The van der Waals surface area contributed by atoms with Gasteiger partial charge in [-0.15, -0.1) is 0 Å². The summed E-state index contributed by atoms with van der Waals surface area (Å²) in [6.45, 7) is 2.84. The van der Waals surface area contributed by atoms with Gasteiger partial charge in [0.15, 0.2) is 0 Å². The predicted molar refractivity (Wildman–Crippen MR) is 86.8 cm³/mol. The molecule has 0 fully saturated rings. The maximum absolute atomic E-state index is 4.10.